The van der Waals surface area contributed by atoms with Crippen molar-refractivity contribution in [2.45, 2.75) is 4.90 Å². The van der Waals surface area contributed by atoms with Crippen LogP contribution in [0.1, 0.15) is 0 Å². The van der Waals surface area contributed by atoms with Gasteiger partial charge in [-0.05, 0) is 24.3 Å². The molecule has 0 saturated carbocycles. The predicted molar refractivity (Wildman–Crippen MR) is 111 cm³/mol. The molecule has 0 aliphatic carbocycles. The van der Waals surface area contributed by atoms with Crippen LogP contribution in [-0.2, 0) is 20.0 Å². The lowest BCUT2D eigenvalue weighted by molar-refractivity contribution is 0.475. The molecule has 0 aromatic heterocycles. The van der Waals surface area contributed by atoms with Gasteiger partial charge in [0.15, 0.2) is 0 Å². The molecule has 156 valence electrons. The molecule has 14 heteroatoms. The van der Waals surface area contributed by atoms with Crippen LogP contribution >= 0.6 is 11.6 Å². The summed E-state index contributed by atoms with van der Waals surface area (Å²) in [6, 6.07) is 10.4. The van der Waals surface area contributed by atoms with Crippen LogP contribution in [0.15, 0.2) is 46.4 Å². The predicted octanol–water partition coefficient (Wildman–Crippen LogP) is 2.03. The molecule has 0 aliphatic rings. The lowest BCUT2D eigenvalue weighted by atomic mass is 10.3. The van der Waals surface area contributed by atoms with E-state index < -0.39 is 36.4 Å². The number of rotatable bonds is 7. The second-order valence-electron chi connectivity index (χ2n) is 5.66. The lowest BCUT2D eigenvalue weighted by Crippen LogP contribution is -2.14. The van der Waals surface area contributed by atoms with E-state index in [0.717, 1.165) is 18.4 Å². The van der Waals surface area contributed by atoms with Gasteiger partial charge in [-0.3, -0.25) is 14.9 Å². The number of benzene rings is 2. The van der Waals surface area contributed by atoms with Crippen LogP contribution in [0.2, 0.25) is 5.02 Å². The van der Waals surface area contributed by atoms with Crippen molar-refractivity contribution in [3.63, 3.8) is 0 Å². The van der Waals surface area contributed by atoms with E-state index in [4.69, 9.17) is 22.1 Å². The van der Waals surface area contributed by atoms with Gasteiger partial charge in [0.25, 0.3) is 10.0 Å². The first kappa shape index (κ1) is 22.8. The minimum Gasteiger partial charge on any atom is -0.506 e. The Morgan fingerprint density at radius 3 is 2.23 bits per heavy atom. The number of aromatic hydroxyl groups is 1. The molecule has 30 heavy (non-hydrogen) atoms. The first-order valence-corrected chi connectivity index (χ1v) is 11.5. The summed E-state index contributed by atoms with van der Waals surface area (Å²) in [7, 11) is -7.83. The molecule has 2 rings (SSSR count). The van der Waals surface area contributed by atoms with Crippen molar-refractivity contribution in [1.82, 2.24) is 0 Å². The third-order valence-corrected chi connectivity index (χ3v) is 5.71. The highest BCUT2D eigenvalue weighted by molar-refractivity contribution is 7.93. The molecule has 0 amide bonds. The van der Waals surface area contributed by atoms with Gasteiger partial charge in [0.05, 0.1) is 28.3 Å². The Morgan fingerprint density at radius 2 is 1.67 bits per heavy atom. The third-order valence-electron chi connectivity index (χ3n) is 3.26. The van der Waals surface area contributed by atoms with Crippen molar-refractivity contribution in [3.8, 4) is 17.9 Å². The first-order chi connectivity index (χ1) is 13.9. The van der Waals surface area contributed by atoms with Crippen LogP contribution in [0, 0.1) is 22.7 Å². The molecule has 4 N–H and O–H groups in total. The molecule has 0 spiro atoms. The van der Waals surface area contributed by atoms with Crippen molar-refractivity contribution < 1.29 is 21.9 Å². The number of anilines is 3. The molecule has 0 bridgehead atoms. The largest absolute Gasteiger partial charge is 0.506 e. The van der Waals surface area contributed by atoms with Gasteiger partial charge in [-0.25, -0.2) is 16.8 Å². The SMILES string of the molecule is CS(=O)(=O)Nc1cccc(NS(=O)(=O)c2cc(O)c(NN=C(C#N)C#N)cc2Cl)c1. The molecule has 2 aromatic rings. The zero-order valence-corrected chi connectivity index (χ0v) is 17.5. The highest BCUT2D eigenvalue weighted by atomic mass is 35.5. The van der Waals surface area contributed by atoms with E-state index in [2.05, 4.69) is 20.0 Å². The Labute approximate surface area is 177 Å². The van der Waals surface area contributed by atoms with Crippen molar-refractivity contribution in [2.24, 2.45) is 5.10 Å². The van der Waals surface area contributed by atoms with E-state index in [0.29, 0.717) is 0 Å². The van der Waals surface area contributed by atoms with E-state index in [1.54, 1.807) is 0 Å². The molecular weight excluding hydrogens is 456 g/mol. The van der Waals surface area contributed by atoms with E-state index >= 15 is 0 Å². The monoisotopic (exact) mass is 468 g/mol. The number of phenols is 1. The molecule has 0 atom stereocenters. The first-order valence-electron chi connectivity index (χ1n) is 7.72. The van der Waals surface area contributed by atoms with Crippen LogP contribution in [0.25, 0.3) is 0 Å². The maximum atomic E-state index is 12.7. The van der Waals surface area contributed by atoms with Crippen molar-refractivity contribution in [1.29, 1.82) is 10.5 Å². The van der Waals surface area contributed by atoms with Gasteiger partial charge in [0.1, 0.15) is 22.8 Å². The number of nitrogens with one attached hydrogen (secondary N) is 3. The van der Waals surface area contributed by atoms with Gasteiger partial charge in [-0.1, -0.05) is 17.7 Å². The Hall–Kier alpha value is -3.52. The quantitative estimate of drug-likeness (QED) is 0.270. The zero-order valence-electron chi connectivity index (χ0n) is 15.1. The van der Waals surface area contributed by atoms with E-state index in [-0.39, 0.29) is 22.1 Å². The van der Waals surface area contributed by atoms with Gasteiger partial charge in [-0.2, -0.15) is 15.6 Å². The van der Waals surface area contributed by atoms with E-state index in [9.17, 15) is 21.9 Å². The number of nitrogens with zero attached hydrogens (tertiary/aromatic N) is 3. The summed E-state index contributed by atoms with van der Waals surface area (Å²) >= 11 is 6.01. The molecule has 0 aliphatic heterocycles. The Kier molecular flexibility index (Phi) is 6.73. The fraction of sp³-hybridized carbons (Fsp3) is 0.0625. The fourth-order valence-electron chi connectivity index (χ4n) is 2.10. The molecule has 0 saturated heterocycles. The summed E-state index contributed by atoms with van der Waals surface area (Å²) < 4.78 is 52.4. The number of nitriles is 2. The summed E-state index contributed by atoms with van der Waals surface area (Å²) in [6.45, 7) is 0. The van der Waals surface area contributed by atoms with Gasteiger partial charge in [0, 0.05) is 6.07 Å². The number of phenolic OH excluding ortho intramolecular Hbond substituents is 1. The third kappa shape index (κ3) is 5.99. The average molecular weight is 469 g/mol. The van der Waals surface area contributed by atoms with Crippen molar-refractivity contribution in [3.05, 3.63) is 41.4 Å². The average Bonchev–Trinajstić information content (AvgIpc) is 2.63. The minimum atomic E-state index is -4.27. The molecular formula is C16H13ClN6O5S2. The van der Waals surface area contributed by atoms with Crippen molar-refractivity contribution in [2.75, 3.05) is 21.1 Å². The maximum absolute atomic E-state index is 12.7. The maximum Gasteiger partial charge on any atom is 0.263 e. The summed E-state index contributed by atoms with van der Waals surface area (Å²) in [5.74, 6) is -0.564. The van der Waals surface area contributed by atoms with Gasteiger partial charge in [0.2, 0.25) is 15.7 Å². The Bertz CT molecular complexity index is 1290. The molecule has 2 aromatic carbocycles. The molecule has 11 nitrogen and oxygen atoms in total. The minimum absolute atomic E-state index is 0.0405. The fourth-order valence-corrected chi connectivity index (χ4v) is 4.25. The zero-order chi connectivity index (χ0) is 22.5. The number of hydrazone groups is 1. The molecule has 0 unspecified atom stereocenters. The van der Waals surface area contributed by atoms with Crippen LogP contribution in [0.3, 0.4) is 0 Å². The van der Waals surface area contributed by atoms with Gasteiger partial charge in [-0.15, -0.1) is 0 Å². The molecule has 0 heterocycles. The summed E-state index contributed by atoms with van der Waals surface area (Å²) in [4.78, 5) is -0.474. The van der Waals surface area contributed by atoms with E-state index in [1.165, 1.54) is 36.4 Å². The summed E-state index contributed by atoms with van der Waals surface area (Å²) in [5.41, 5.74) is 1.76. The topological polar surface area (TPSA) is 185 Å². The Morgan fingerprint density at radius 1 is 1.07 bits per heavy atom. The molecule has 0 radical (unpaired) electrons. The van der Waals surface area contributed by atoms with Crippen molar-refractivity contribution >= 4 is 54.4 Å². The summed E-state index contributed by atoms with van der Waals surface area (Å²) in [5, 5.41) is 30.5. The Balaban J connectivity index is 2.34. The highest BCUT2D eigenvalue weighted by Gasteiger charge is 2.21. The van der Waals surface area contributed by atoms with Gasteiger partial charge < -0.3 is 5.11 Å². The van der Waals surface area contributed by atoms with Crippen LogP contribution in [0.5, 0.6) is 5.75 Å². The van der Waals surface area contributed by atoms with Crippen LogP contribution in [0.4, 0.5) is 17.1 Å². The number of hydrogen-bond donors (Lipinski definition) is 4. The lowest BCUT2D eigenvalue weighted by Gasteiger charge is -2.13. The smallest absolute Gasteiger partial charge is 0.263 e. The summed E-state index contributed by atoms with van der Waals surface area (Å²) in [6.07, 6.45) is 0.947. The highest BCUT2D eigenvalue weighted by Crippen LogP contribution is 2.34. The van der Waals surface area contributed by atoms with E-state index in [1.807, 2.05) is 0 Å². The van der Waals surface area contributed by atoms with Gasteiger partial charge >= 0.3 is 0 Å². The number of sulfonamides is 2. The second kappa shape index (κ2) is 8.87. The number of hydrogen-bond acceptors (Lipinski definition) is 9. The molecule has 0 fully saturated rings. The normalized spacial score (nSPS) is 10.9. The number of halogens is 1. The van der Waals surface area contributed by atoms with Crippen LogP contribution in [-0.4, -0.2) is 33.9 Å². The second-order valence-corrected chi connectivity index (χ2v) is 9.46. The van der Waals surface area contributed by atoms with Crippen LogP contribution < -0.4 is 14.9 Å². The standard InChI is InChI=1S/C16H13ClN6O5S2/c1-29(25,26)22-10-3-2-4-11(5-10)23-30(27,28)16-7-15(24)14(6-13(16)17)21-20-12(8-18)9-19/h2-7,21-24H,1H3.